The first-order valence-electron chi connectivity index (χ1n) is 6.53. The van der Waals surface area contributed by atoms with Gasteiger partial charge in [-0.1, -0.05) is 11.6 Å². The van der Waals surface area contributed by atoms with Crippen LogP contribution in [0.25, 0.3) is 11.0 Å². The highest BCUT2D eigenvalue weighted by molar-refractivity contribution is 6.31. The van der Waals surface area contributed by atoms with Crippen LogP contribution in [0.15, 0.2) is 18.5 Å². The van der Waals surface area contributed by atoms with E-state index in [4.69, 9.17) is 11.6 Å². The highest BCUT2D eigenvalue weighted by Crippen LogP contribution is 2.24. The molecular formula is C14H13ClF2N4. The Bertz CT molecular complexity index is 822. The zero-order chi connectivity index (χ0) is 15.1. The molecule has 0 atom stereocenters. The summed E-state index contributed by atoms with van der Waals surface area (Å²) in [6.07, 6.45) is 1.54. The van der Waals surface area contributed by atoms with E-state index in [-0.39, 0.29) is 0 Å². The molecule has 0 saturated carbocycles. The molecule has 0 aliphatic rings. The molecule has 0 bridgehead atoms. The average Bonchev–Trinajstić information content (AvgIpc) is 2.96. The van der Waals surface area contributed by atoms with Crippen LogP contribution in [-0.2, 0) is 13.1 Å². The van der Waals surface area contributed by atoms with Crippen LogP contribution in [0.3, 0.4) is 0 Å². The second-order valence-electron chi connectivity index (χ2n) is 4.79. The molecule has 4 nitrogen and oxygen atoms in total. The van der Waals surface area contributed by atoms with Gasteiger partial charge in [-0.25, -0.2) is 13.8 Å². The number of hydrogen-bond donors (Lipinski definition) is 0. The number of aryl methyl sites for hydroxylation is 2. The molecule has 0 fully saturated rings. The molecule has 0 unspecified atom stereocenters. The fraction of sp³-hybridized carbons (Fsp3) is 0.286. The Morgan fingerprint density at radius 3 is 2.67 bits per heavy atom. The number of hydrogen-bond acceptors (Lipinski definition) is 2. The van der Waals surface area contributed by atoms with Crippen LogP contribution in [0.2, 0.25) is 5.02 Å². The summed E-state index contributed by atoms with van der Waals surface area (Å²) < 4.78 is 30.1. The molecule has 0 spiro atoms. The molecule has 0 saturated heterocycles. The van der Waals surface area contributed by atoms with Crippen LogP contribution in [0, 0.1) is 18.6 Å². The Hall–Kier alpha value is -1.95. The smallest absolute Gasteiger partial charge is 0.161 e. The molecule has 110 valence electrons. The Kier molecular flexibility index (Phi) is 3.41. The summed E-state index contributed by atoms with van der Waals surface area (Å²) in [5.41, 5.74) is 2.49. The topological polar surface area (TPSA) is 35.6 Å². The van der Waals surface area contributed by atoms with Gasteiger partial charge in [-0.3, -0.25) is 4.68 Å². The molecule has 21 heavy (non-hydrogen) atoms. The van der Waals surface area contributed by atoms with Gasteiger partial charge < -0.3 is 4.57 Å². The van der Waals surface area contributed by atoms with Crippen molar-refractivity contribution < 1.29 is 8.78 Å². The monoisotopic (exact) mass is 310 g/mol. The Morgan fingerprint density at radius 2 is 1.95 bits per heavy atom. The molecule has 3 rings (SSSR count). The highest BCUT2D eigenvalue weighted by atomic mass is 35.5. The quantitative estimate of drug-likeness (QED) is 0.742. The number of fused-ring (bicyclic) bond motifs is 1. The van der Waals surface area contributed by atoms with Crippen LogP contribution >= 0.6 is 11.6 Å². The maximum Gasteiger partial charge on any atom is 0.161 e. The van der Waals surface area contributed by atoms with Gasteiger partial charge in [0.1, 0.15) is 0 Å². The maximum atomic E-state index is 13.4. The third kappa shape index (κ3) is 2.29. The van der Waals surface area contributed by atoms with E-state index in [1.807, 2.05) is 13.8 Å². The zero-order valence-corrected chi connectivity index (χ0v) is 12.3. The van der Waals surface area contributed by atoms with Gasteiger partial charge in [0.25, 0.3) is 0 Å². The van der Waals surface area contributed by atoms with E-state index in [2.05, 4.69) is 10.1 Å². The lowest BCUT2D eigenvalue weighted by Crippen LogP contribution is -2.07. The third-order valence-corrected chi connectivity index (χ3v) is 3.93. The van der Waals surface area contributed by atoms with E-state index in [0.717, 1.165) is 23.5 Å². The molecular weight excluding hydrogens is 298 g/mol. The van der Waals surface area contributed by atoms with Crippen molar-refractivity contribution in [2.45, 2.75) is 26.9 Å². The summed E-state index contributed by atoms with van der Waals surface area (Å²) in [5.74, 6) is -1.80. The summed E-state index contributed by atoms with van der Waals surface area (Å²) in [7, 11) is 0. The van der Waals surface area contributed by atoms with Gasteiger partial charge in [0, 0.05) is 18.7 Å². The van der Waals surface area contributed by atoms with Crippen LogP contribution < -0.4 is 0 Å². The van der Waals surface area contributed by atoms with Crippen molar-refractivity contribution >= 4 is 22.6 Å². The molecule has 0 amide bonds. The fourth-order valence-electron chi connectivity index (χ4n) is 2.36. The molecule has 3 aromatic rings. The second-order valence-corrected chi connectivity index (χ2v) is 5.17. The van der Waals surface area contributed by atoms with Crippen molar-refractivity contribution in [3.63, 3.8) is 0 Å². The summed E-state index contributed by atoms with van der Waals surface area (Å²) in [4.78, 5) is 4.09. The largest absolute Gasteiger partial charge is 0.324 e. The molecule has 0 aliphatic carbocycles. The fourth-order valence-corrected chi connectivity index (χ4v) is 2.56. The lowest BCUT2D eigenvalue weighted by Gasteiger charge is -2.07. The first-order valence-corrected chi connectivity index (χ1v) is 6.90. The van der Waals surface area contributed by atoms with E-state index >= 15 is 0 Å². The SMILES string of the molecule is CCn1nc(C)c(Cl)c1Cn1cnc2cc(F)c(F)cc21. The van der Waals surface area contributed by atoms with Gasteiger partial charge in [-0.15, -0.1) is 0 Å². The summed E-state index contributed by atoms with van der Waals surface area (Å²) in [6.45, 7) is 4.87. The van der Waals surface area contributed by atoms with E-state index < -0.39 is 11.6 Å². The molecule has 2 heterocycles. The van der Waals surface area contributed by atoms with E-state index in [9.17, 15) is 8.78 Å². The van der Waals surface area contributed by atoms with Gasteiger partial charge in [-0.2, -0.15) is 5.10 Å². The zero-order valence-electron chi connectivity index (χ0n) is 11.6. The second kappa shape index (κ2) is 5.11. The predicted octanol–water partition coefficient (Wildman–Crippen LogP) is 3.54. The molecule has 0 radical (unpaired) electrons. The average molecular weight is 311 g/mol. The number of benzene rings is 1. The molecule has 7 heteroatoms. The number of nitrogens with zero attached hydrogens (tertiary/aromatic N) is 4. The van der Waals surface area contributed by atoms with Crippen molar-refractivity contribution in [2.24, 2.45) is 0 Å². The minimum absolute atomic E-state index is 0.398. The van der Waals surface area contributed by atoms with Crippen molar-refractivity contribution in [1.29, 1.82) is 0 Å². The van der Waals surface area contributed by atoms with Crippen molar-refractivity contribution in [3.8, 4) is 0 Å². The third-order valence-electron chi connectivity index (χ3n) is 3.44. The first-order chi connectivity index (χ1) is 10.0. The number of aromatic nitrogens is 4. The van der Waals surface area contributed by atoms with E-state index in [1.165, 1.54) is 0 Å². The van der Waals surface area contributed by atoms with Gasteiger partial charge in [0.2, 0.25) is 0 Å². The standard InChI is InChI=1S/C14H13ClF2N4/c1-3-21-13(14(15)8(2)19-21)6-20-7-18-11-4-9(16)10(17)5-12(11)20/h4-5,7H,3,6H2,1-2H3. The first kappa shape index (κ1) is 14.0. The van der Waals surface area contributed by atoms with Gasteiger partial charge in [0.05, 0.1) is 40.3 Å². The predicted molar refractivity (Wildman–Crippen MR) is 76.4 cm³/mol. The van der Waals surface area contributed by atoms with Gasteiger partial charge >= 0.3 is 0 Å². The summed E-state index contributed by atoms with van der Waals surface area (Å²) >= 11 is 6.27. The Morgan fingerprint density at radius 1 is 1.24 bits per heavy atom. The highest BCUT2D eigenvalue weighted by Gasteiger charge is 2.15. The van der Waals surface area contributed by atoms with Crippen LogP contribution in [0.4, 0.5) is 8.78 Å². The van der Waals surface area contributed by atoms with Crippen LogP contribution in [-0.4, -0.2) is 19.3 Å². The Balaban J connectivity index is 2.08. The lowest BCUT2D eigenvalue weighted by molar-refractivity contribution is 0.510. The van der Waals surface area contributed by atoms with E-state index in [0.29, 0.717) is 29.1 Å². The molecule has 1 aromatic carbocycles. The normalized spacial score (nSPS) is 11.5. The van der Waals surface area contributed by atoms with E-state index in [1.54, 1.807) is 15.6 Å². The van der Waals surface area contributed by atoms with Gasteiger partial charge in [-0.05, 0) is 13.8 Å². The van der Waals surface area contributed by atoms with Crippen molar-refractivity contribution in [3.05, 3.63) is 46.5 Å². The number of rotatable bonds is 3. The minimum atomic E-state index is -0.903. The van der Waals surface area contributed by atoms with Crippen molar-refractivity contribution in [1.82, 2.24) is 19.3 Å². The van der Waals surface area contributed by atoms with Crippen LogP contribution in [0.1, 0.15) is 18.3 Å². The van der Waals surface area contributed by atoms with Crippen LogP contribution in [0.5, 0.6) is 0 Å². The molecule has 0 N–H and O–H groups in total. The molecule has 0 aliphatic heterocycles. The van der Waals surface area contributed by atoms with Crippen molar-refractivity contribution in [2.75, 3.05) is 0 Å². The summed E-state index contributed by atoms with van der Waals surface area (Å²) in [5, 5.41) is 4.92. The number of imidazole rings is 1. The minimum Gasteiger partial charge on any atom is -0.324 e. The Labute approximate surface area is 125 Å². The summed E-state index contributed by atoms with van der Waals surface area (Å²) in [6, 6.07) is 2.23. The number of halogens is 3. The lowest BCUT2D eigenvalue weighted by atomic mass is 10.3. The van der Waals surface area contributed by atoms with Gasteiger partial charge in [0.15, 0.2) is 11.6 Å². The maximum absolute atomic E-state index is 13.4. The molecule has 2 aromatic heterocycles.